The Balaban J connectivity index is 1.86. The summed E-state index contributed by atoms with van der Waals surface area (Å²) in [6, 6.07) is 1.25. The van der Waals surface area contributed by atoms with Crippen molar-refractivity contribution >= 4 is 5.97 Å². The van der Waals surface area contributed by atoms with Gasteiger partial charge in [0.1, 0.15) is 0 Å². The van der Waals surface area contributed by atoms with Crippen molar-refractivity contribution in [2.75, 3.05) is 19.6 Å². The van der Waals surface area contributed by atoms with Gasteiger partial charge in [0.05, 0.1) is 5.41 Å². The molecule has 0 unspecified atom stereocenters. The van der Waals surface area contributed by atoms with Crippen LogP contribution >= 0.6 is 0 Å². The topological polar surface area (TPSA) is 52.6 Å². The Morgan fingerprint density at radius 1 is 1.32 bits per heavy atom. The summed E-state index contributed by atoms with van der Waals surface area (Å²) >= 11 is 0. The molecule has 0 bridgehead atoms. The summed E-state index contributed by atoms with van der Waals surface area (Å²) < 4.78 is 0. The number of piperidine rings is 1. The number of hydrogen-bond donors (Lipinski definition) is 2. The van der Waals surface area contributed by atoms with Crippen LogP contribution in [0.15, 0.2) is 0 Å². The van der Waals surface area contributed by atoms with Crippen molar-refractivity contribution in [1.29, 1.82) is 0 Å². The summed E-state index contributed by atoms with van der Waals surface area (Å²) in [7, 11) is 0. The summed E-state index contributed by atoms with van der Waals surface area (Å²) in [6.07, 6.45) is 6.43. The standard InChI is InChI=1S/C15H28N2O2/c1-3-15(4-2,14(18)19)11-16-12-7-9-17-8-5-6-13(17)10-12/h12-13,16H,3-11H2,1-2H3,(H,18,19)/t12-,13-/m1/s1. The molecule has 0 radical (unpaired) electrons. The van der Waals surface area contributed by atoms with Gasteiger partial charge in [-0.15, -0.1) is 0 Å². The molecular formula is C15H28N2O2. The fourth-order valence-electron chi connectivity index (χ4n) is 3.63. The van der Waals surface area contributed by atoms with Crippen molar-refractivity contribution in [2.24, 2.45) is 5.41 Å². The van der Waals surface area contributed by atoms with E-state index in [1.54, 1.807) is 0 Å². The number of carboxylic acids is 1. The average molecular weight is 268 g/mol. The molecule has 4 heteroatoms. The first-order valence-corrected chi connectivity index (χ1v) is 7.82. The molecule has 2 fully saturated rings. The number of nitrogens with one attached hydrogen (secondary N) is 1. The number of rotatable bonds is 6. The minimum absolute atomic E-state index is 0.510. The Labute approximate surface area is 116 Å². The molecule has 2 saturated heterocycles. The maximum atomic E-state index is 11.5. The van der Waals surface area contributed by atoms with E-state index in [0.717, 1.165) is 6.04 Å². The van der Waals surface area contributed by atoms with Crippen LogP contribution in [-0.2, 0) is 4.79 Å². The van der Waals surface area contributed by atoms with E-state index in [1.807, 2.05) is 13.8 Å². The van der Waals surface area contributed by atoms with Crippen molar-refractivity contribution in [3.8, 4) is 0 Å². The normalized spacial score (nSPS) is 28.3. The fraction of sp³-hybridized carbons (Fsp3) is 0.933. The molecule has 0 aromatic heterocycles. The maximum Gasteiger partial charge on any atom is 0.310 e. The van der Waals surface area contributed by atoms with Crippen molar-refractivity contribution in [3.63, 3.8) is 0 Å². The lowest BCUT2D eigenvalue weighted by Crippen LogP contribution is -2.49. The zero-order chi connectivity index (χ0) is 13.9. The van der Waals surface area contributed by atoms with E-state index in [9.17, 15) is 9.90 Å². The summed E-state index contributed by atoms with van der Waals surface area (Å²) in [5, 5.41) is 13.0. The Morgan fingerprint density at radius 3 is 2.68 bits per heavy atom. The van der Waals surface area contributed by atoms with Crippen LogP contribution in [-0.4, -0.2) is 47.7 Å². The molecule has 2 N–H and O–H groups in total. The zero-order valence-corrected chi connectivity index (χ0v) is 12.3. The van der Waals surface area contributed by atoms with E-state index in [-0.39, 0.29) is 0 Å². The van der Waals surface area contributed by atoms with Crippen molar-refractivity contribution in [3.05, 3.63) is 0 Å². The highest BCUT2D eigenvalue weighted by molar-refractivity contribution is 5.74. The first-order chi connectivity index (χ1) is 9.11. The molecule has 2 aliphatic rings. The summed E-state index contributed by atoms with van der Waals surface area (Å²) in [6.45, 7) is 7.03. The fourth-order valence-corrected chi connectivity index (χ4v) is 3.63. The number of nitrogens with zero attached hydrogens (tertiary/aromatic N) is 1. The first kappa shape index (κ1) is 14.8. The van der Waals surface area contributed by atoms with E-state index >= 15 is 0 Å². The number of carbonyl (C=O) groups is 1. The third-order valence-corrected chi connectivity index (χ3v) is 5.36. The van der Waals surface area contributed by atoms with Gasteiger partial charge < -0.3 is 15.3 Å². The lowest BCUT2D eigenvalue weighted by Gasteiger charge is -2.37. The van der Waals surface area contributed by atoms with Gasteiger partial charge in [-0.25, -0.2) is 0 Å². The largest absolute Gasteiger partial charge is 0.481 e. The molecule has 2 heterocycles. The highest BCUT2D eigenvalue weighted by atomic mass is 16.4. The average Bonchev–Trinajstić information content (AvgIpc) is 2.87. The lowest BCUT2D eigenvalue weighted by atomic mass is 9.82. The van der Waals surface area contributed by atoms with E-state index in [2.05, 4.69) is 10.2 Å². The molecule has 4 nitrogen and oxygen atoms in total. The Morgan fingerprint density at radius 2 is 2.05 bits per heavy atom. The molecule has 0 aromatic carbocycles. The van der Waals surface area contributed by atoms with Crippen LogP contribution in [0.5, 0.6) is 0 Å². The minimum Gasteiger partial charge on any atom is -0.481 e. The van der Waals surface area contributed by atoms with Crippen LogP contribution in [0.1, 0.15) is 52.4 Å². The van der Waals surface area contributed by atoms with Crippen molar-refractivity contribution in [1.82, 2.24) is 10.2 Å². The molecule has 0 aliphatic carbocycles. The zero-order valence-electron chi connectivity index (χ0n) is 12.3. The highest BCUT2D eigenvalue weighted by Gasteiger charge is 2.37. The van der Waals surface area contributed by atoms with Gasteiger partial charge in [0, 0.05) is 18.6 Å². The van der Waals surface area contributed by atoms with E-state index in [4.69, 9.17) is 0 Å². The Bertz CT molecular complexity index is 315. The highest BCUT2D eigenvalue weighted by Crippen LogP contribution is 2.29. The van der Waals surface area contributed by atoms with Crippen LogP contribution < -0.4 is 5.32 Å². The second-order valence-electron chi connectivity index (χ2n) is 6.23. The minimum atomic E-state index is -0.650. The van der Waals surface area contributed by atoms with Gasteiger partial charge in [-0.3, -0.25) is 4.79 Å². The van der Waals surface area contributed by atoms with Crippen LogP contribution in [0.25, 0.3) is 0 Å². The van der Waals surface area contributed by atoms with Gasteiger partial charge in [0.25, 0.3) is 0 Å². The van der Waals surface area contributed by atoms with E-state index in [0.29, 0.717) is 25.4 Å². The van der Waals surface area contributed by atoms with Crippen LogP contribution in [0, 0.1) is 5.41 Å². The Kier molecular flexibility index (Phi) is 4.85. The smallest absolute Gasteiger partial charge is 0.310 e. The second kappa shape index (κ2) is 6.23. The third kappa shape index (κ3) is 3.11. The lowest BCUT2D eigenvalue weighted by molar-refractivity contribution is -0.149. The molecule has 0 spiro atoms. The monoisotopic (exact) mass is 268 g/mol. The molecule has 2 rings (SSSR count). The molecule has 0 amide bonds. The van der Waals surface area contributed by atoms with Crippen molar-refractivity contribution in [2.45, 2.75) is 64.5 Å². The predicted octanol–water partition coefficient (Wildman–Crippen LogP) is 2.09. The molecule has 2 atom stereocenters. The maximum absolute atomic E-state index is 11.5. The quantitative estimate of drug-likeness (QED) is 0.774. The van der Waals surface area contributed by atoms with Gasteiger partial charge in [-0.05, 0) is 51.6 Å². The molecule has 110 valence electrons. The number of aliphatic carboxylic acids is 1. The van der Waals surface area contributed by atoms with E-state index in [1.165, 1.54) is 38.8 Å². The molecule has 0 aromatic rings. The first-order valence-electron chi connectivity index (χ1n) is 7.82. The summed E-state index contributed by atoms with van der Waals surface area (Å²) in [5.41, 5.74) is -0.577. The number of fused-ring (bicyclic) bond motifs is 1. The van der Waals surface area contributed by atoms with Gasteiger partial charge in [-0.1, -0.05) is 13.8 Å². The SMILES string of the molecule is CCC(CC)(CN[C@@H]1CCN2CCC[C@@H]2C1)C(=O)O. The molecule has 19 heavy (non-hydrogen) atoms. The van der Waals surface area contributed by atoms with Crippen LogP contribution in [0.4, 0.5) is 0 Å². The van der Waals surface area contributed by atoms with Crippen molar-refractivity contribution < 1.29 is 9.90 Å². The van der Waals surface area contributed by atoms with Crippen LogP contribution in [0.3, 0.4) is 0 Å². The summed E-state index contributed by atoms with van der Waals surface area (Å²) in [5.74, 6) is -0.650. The van der Waals surface area contributed by atoms with Gasteiger partial charge in [0.15, 0.2) is 0 Å². The Hall–Kier alpha value is -0.610. The summed E-state index contributed by atoms with van der Waals surface area (Å²) in [4.78, 5) is 14.1. The molecule has 0 saturated carbocycles. The van der Waals surface area contributed by atoms with Gasteiger partial charge >= 0.3 is 5.97 Å². The second-order valence-corrected chi connectivity index (χ2v) is 6.23. The third-order valence-electron chi connectivity index (χ3n) is 5.36. The van der Waals surface area contributed by atoms with Crippen LogP contribution in [0.2, 0.25) is 0 Å². The van der Waals surface area contributed by atoms with Gasteiger partial charge in [0.2, 0.25) is 0 Å². The predicted molar refractivity (Wildman–Crippen MR) is 76.3 cm³/mol. The van der Waals surface area contributed by atoms with E-state index < -0.39 is 11.4 Å². The van der Waals surface area contributed by atoms with Gasteiger partial charge in [-0.2, -0.15) is 0 Å². The number of carboxylic acid groups (broad SMARTS) is 1. The molecule has 2 aliphatic heterocycles. The molecular weight excluding hydrogens is 240 g/mol. The number of hydrogen-bond acceptors (Lipinski definition) is 3.